The van der Waals surface area contributed by atoms with Crippen LogP contribution in [0.1, 0.15) is 11.1 Å². The van der Waals surface area contributed by atoms with Gasteiger partial charge in [0.05, 0.1) is 35.7 Å². The van der Waals surface area contributed by atoms with Gasteiger partial charge in [-0.3, -0.25) is 14.3 Å². The molecule has 266 valence electrons. The number of piperidine rings is 1. The minimum Gasteiger partial charge on any atom is -0.726 e. The minimum atomic E-state index is -5.31. The first kappa shape index (κ1) is 39.5. The number of hydrogen-bond donors (Lipinski definition) is 0. The van der Waals surface area contributed by atoms with E-state index in [2.05, 4.69) is 0 Å². The summed E-state index contributed by atoms with van der Waals surface area (Å²) in [6, 6.07) is 33.8. The number of sulfonamides is 1. The Balaban J connectivity index is 0.00000523. The first-order valence-corrected chi connectivity index (χ1v) is 18.6. The molecule has 0 N–H and O–H groups in total. The average molecular weight is 757 g/mol. The van der Waals surface area contributed by atoms with E-state index in [1.54, 1.807) is 18.2 Å². The van der Waals surface area contributed by atoms with Gasteiger partial charge in [-0.1, -0.05) is 97.1 Å². The zero-order chi connectivity index (χ0) is 36.0. The van der Waals surface area contributed by atoms with Gasteiger partial charge in [-0.05, 0) is 34.7 Å². The Morgan fingerprint density at radius 1 is 0.712 bits per heavy atom. The molecule has 4 atom stereocenters. The van der Waals surface area contributed by atoms with Crippen molar-refractivity contribution in [1.29, 1.82) is 0 Å². The molecule has 1 heterocycles. The van der Waals surface area contributed by atoms with E-state index in [4.69, 9.17) is 18.4 Å². The molecule has 0 radical (unpaired) electrons. The maximum atomic E-state index is 14.4. The number of fused-ring (bicyclic) bond motifs is 1. The molecular weight excluding hydrogens is 724 g/mol. The number of rotatable bonds is 14. The van der Waals surface area contributed by atoms with Crippen LogP contribution in [0.15, 0.2) is 132 Å². The standard InChI is InChI=1S/C36H34N2O11S2.Na/c39-38(40)29-18-20-30(21-19-29)50(41,42)37-22-34(46-23-26-10-3-1-4-11-26)36(47-24-27-12-5-2-6-13-27)35(32(37)25-48-51(43,44)45)49-33-17-9-15-28-14-7-8-16-31(28)33;/h1-21,32,34-36H,22-25H2,(H,43,44,45);/q;+1/p-1/t32-,34-,35+,36+;/m0./s1. The summed E-state index contributed by atoms with van der Waals surface area (Å²) in [5, 5.41) is 12.8. The van der Waals surface area contributed by atoms with E-state index in [1.165, 1.54) is 0 Å². The fourth-order valence-electron chi connectivity index (χ4n) is 5.98. The van der Waals surface area contributed by atoms with Crippen molar-refractivity contribution in [3.05, 3.63) is 149 Å². The molecule has 0 spiro atoms. The molecule has 0 saturated carbocycles. The molecule has 1 aliphatic rings. The molecule has 0 bridgehead atoms. The molecule has 0 aromatic heterocycles. The number of nitro groups is 1. The van der Waals surface area contributed by atoms with Crippen molar-refractivity contribution >= 4 is 36.9 Å². The molecule has 13 nitrogen and oxygen atoms in total. The summed E-state index contributed by atoms with van der Waals surface area (Å²) in [6.07, 6.45) is -3.37. The van der Waals surface area contributed by atoms with E-state index < -0.39 is 56.3 Å². The third-order valence-corrected chi connectivity index (χ3v) is 10.8. The second-order valence-electron chi connectivity index (χ2n) is 11.7. The molecule has 0 unspecified atom stereocenters. The quantitative estimate of drug-likeness (QED) is 0.0535. The summed E-state index contributed by atoms with van der Waals surface area (Å²) in [7, 11) is -9.89. The first-order chi connectivity index (χ1) is 24.5. The largest absolute Gasteiger partial charge is 1.00 e. The normalized spacial score (nSPS) is 19.5. The average Bonchev–Trinajstić information content (AvgIpc) is 3.13. The van der Waals surface area contributed by atoms with Crippen LogP contribution in [-0.4, -0.2) is 68.1 Å². The van der Waals surface area contributed by atoms with Gasteiger partial charge in [0.25, 0.3) is 5.69 Å². The zero-order valence-corrected chi connectivity index (χ0v) is 31.6. The van der Waals surface area contributed by atoms with Gasteiger partial charge in [-0.25, -0.2) is 16.8 Å². The SMILES string of the molecule is O=[N+]([O-])c1ccc(S(=O)(=O)N2C[C@H](OCc3ccccc3)[C@@H](OCc3ccccc3)[C@H](Oc3cccc4ccccc34)[C@@H]2COS(=O)(=O)[O-])cc1.[Na+]. The van der Waals surface area contributed by atoms with Gasteiger partial charge < -0.3 is 18.8 Å². The summed E-state index contributed by atoms with van der Waals surface area (Å²) in [6.45, 7) is -1.20. The van der Waals surface area contributed by atoms with E-state index in [0.717, 1.165) is 45.1 Å². The van der Waals surface area contributed by atoms with Crippen molar-refractivity contribution in [2.24, 2.45) is 0 Å². The fraction of sp³-hybridized carbons (Fsp3) is 0.222. The van der Waals surface area contributed by atoms with E-state index in [-0.39, 0.29) is 59.9 Å². The Kier molecular flexibility index (Phi) is 13.2. The summed E-state index contributed by atoms with van der Waals surface area (Å²) >= 11 is 0. The molecule has 5 aromatic rings. The second kappa shape index (κ2) is 17.4. The van der Waals surface area contributed by atoms with E-state index in [0.29, 0.717) is 11.1 Å². The summed E-state index contributed by atoms with van der Waals surface area (Å²) in [4.78, 5) is 10.3. The zero-order valence-electron chi connectivity index (χ0n) is 28.0. The van der Waals surface area contributed by atoms with Crippen molar-refractivity contribution in [3.8, 4) is 5.75 Å². The van der Waals surface area contributed by atoms with Crippen molar-refractivity contribution in [1.82, 2.24) is 4.31 Å². The Morgan fingerprint density at radius 2 is 1.29 bits per heavy atom. The molecule has 1 aliphatic heterocycles. The van der Waals surface area contributed by atoms with Crippen LogP contribution in [0.4, 0.5) is 5.69 Å². The van der Waals surface area contributed by atoms with E-state index in [9.17, 15) is 31.5 Å². The van der Waals surface area contributed by atoms with Crippen LogP contribution < -0.4 is 34.3 Å². The monoisotopic (exact) mass is 756 g/mol. The first-order valence-electron chi connectivity index (χ1n) is 15.8. The van der Waals surface area contributed by atoms with Crippen molar-refractivity contribution in [2.45, 2.75) is 42.5 Å². The number of non-ortho nitro benzene ring substituents is 1. The minimum absolute atomic E-state index is 0. The maximum Gasteiger partial charge on any atom is 1.00 e. The Morgan fingerprint density at radius 3 is 1.90 bits per heavy atom. The van der Waals surface area contributed by atoms with Gasteiger partial charge >= 0.3 is 29.6 Å². The smallest absolute Gasteiger partial charge is 0.726 e. The number of ether oxygens (including phenoxy) is 3. The molecule has 52 heavy (non-hydrogen) atoms. The van der Waals surface area contributed by atoms with Gasteiger partial charge in [0.2, 0.25) is 20.4 Å². The molecule has 0 aliphatic carbocycles. The maximum absolute atomic E-state index is 14.4. The topological polar surface area (TPSA) is 175 Å². The Labute approximate surface area is 323 Å². The van der Waals surface area contributed by atoms with Crippen LogP contribution in [0.2, 0.25) is 0 Å². The Hall–Kier alpha value is -3.74. The molecule has 6 rings (SSSR count). The van der Waals surface area contributed by atoms with Crippen molar-refractivity contribution in [3.63, 3.8) is 0 Å². The third kappa shape index (κ3) is 9.62. The van der Waals surface area contributed by atoms with Crippen LogP contribution in [0.25, 0.3) is 10.8 Å². The summed E-state index contributed by atoms with van der Waals surface area (Å²) in [5.41, 5.74) is 1.25. The van der Waals surface area contributed by atoms with Crippen LogP contribution in [0.3, 0.4) is 0 Å². The second-order valence-corrected chi connectivity index (χ2v) is 14.7. The number of hydrogen-bond acceptors (Lipinski definition) is 11. The molecule has 5 aromatic carbocycles. The van der Waals surface area contributed by atoms with Gasteiger partial charge in [0.1, 0.15) is 24.1 Å². The number of nitro benzene ring substituents is 1. The number of benzene rings is 5. The number of nitrogens with zero attached hydrogens (tertiary/aromatic N) is 2. The van der Waals surface area contributed by atoms with Gasteiger partial charge in [0, 0.05) is 24.1 Å². The van der Waals surface area contributed by atoms with Gasteiger partial charge in [-0.2, -0.15) is 4.31 Å². The molecule has 0 amide bonds. The van der Waals surface area contributed by atoms with E-state index in [1.807, 2.05) is 84.9 Å². The van der Waals surface area contributed by atoms with Crippen LogP contribution >= 0.6 is 0 Å². The molecular formula is C36H33N2NaO11S2. The van der Waals surface area contributed by atoms with E-state index >= 15 is 0 Å². The molecule has 16 heteroatoms. The predicted octanol–water partition coefficient (Wildman–Crippen LogP) is 2.22. The molecule has 1 fully saturated rings. The summed E-state index contributed by atoms with van der Waals surface area (Å²) in [5.74, 6) is 0.331. The predicted molar refractivity (Wildman–Crippen MR) is 185 cm³/mol. The van der Waals surface area contributed by atoms with Crippen LogP contribution in [0, 0.1) is 10.1 Å². The fourth-order valence-corrected chi connectivity index (χ4v) is 7.92. The molecule has 1 saturated heterocycles. The third-order valence-electron chi connectivity index (χ3n) is 8.44. The van der Waals surface area contributed by atoms with Crippen LogP contribution in [-0.2, 0) is 47.3 Å². The Bertz CT molecular complexity index is 2170. The summed E-state index contributed by atoms with van der Waals surface area (Å²) < 4.78 is 89.7. The van der Waals surface area contributed by atoms with Crippen LogP contribution in [0.5, 0.6) is 5.75 Å². The van der Waals surface area contributed by atoms with Crippen molar-refractivity contribution < 1.29 is 74.3 Å². The van der Waals surface area contributed by atoms with Crippen molar-refractivity contribution in [2.75, 3.05) is 13.2 Å². The van der Waals surface area contributed by atoms with Gasteiger partial charge in [0.15, 0.2) is 0 Å². The van der Waals surface area contributed by atoms with Gasteiger partial charge in [-0.15, -0.1) is 0 Å².